The normalized spacial score (nSPS) is 26.7. The zero-order chi connectivity index (χ0) is 13.6. The summed E-state index contributed by atoms with van der Waals surface area (Å²) in [7, 11) is 0. The predicted octanol–water partition coefficient (Wildman–Crippen LogP) is 1.63. The molecule has 1 saturated heterocycles. The Morgan fingerprint density at radius 1 is 1.42 bits per heavy atom. The molecule has 0 bridgehead atoms. The first kappa shape index (κ1) is 12.6. The lowest BCUT2D eigenvalue weighted by Crippen LogP contribution is -2.30. The lowest BCUT2D eigenvalue weighted by molar-refractivity contribution is -0.142. The number of nitrogens with zero attached hydrogens (tertiary/aromatic N) is 2. The monoisotopic (exact) mass is 280 g/mol. The maximum atomic E-state index is 12.4. The van der Waals surface area contributed by atoms with Crippen molar-refractivity contribution in [3.05, 3.63) is 16.6 Å². The van der Waals surface area contributed by atoms with Crippen molar-refractivity contribution in [1.82, 2.24) is 9.27 Å². The number of carbonyl (C=O) groups excluding carboxylic acids is 1. The summed E-state index contributed by atoms with van der Waals surface area (Å²) in [4.78, 5) is 25.4. The first-order valence-corrected chi connectivity index (χ1v) is 7.34. The lowest BCUT2D eigenvalue weighted by Gasteiger charge is -2.15. The Morgan fingerprint density at radius 2 is 2.16 bits per heavy atom. The summed E-state index contributed by atoms with van der Waals surface area (Å²) in [6, 6.07) is 0. The van der Waals surface area contributed by atoms with E-state index in [4.69, 9.17) is 0 Å². The van der Waals surface area contributed by atoms with Crippen molar-refractivity contribution in [1.29, 1.82) is 0 Å². The average Bonchev–Trinajstić information content (AvgIpc) is 2.97. The largest absolute Gasteiger partial charge is 0.481 e. The van der Waals surface area contributed by atoms with Crippen LogP contribution in [0.25, 0.3) is 0 Å². The van der Waals surface area contributed by atoms with Gasteiger partial charge >= 0.3 is 5.97 Å². The third-order valence-corrected chi connectivity index (χ3v) is 4.90. The molecule has 1 aliphatic heterocycles. The summed E-state index contributed by atoms with van der Waals surface area (Å²) >= 11 is 1.27. The van der Waals surface area contributed by atoms with Crippen LogP contribution in [0, 0.1) is 24.7 Å². The SMILES string of the molecule is Cc1nscc1C(=O)N1C[C@H](C(=O)O)[C@@H](C2CC2)C1. The zero-order valence-electron chi connectivity index (χ0n) is 10.7. The second kappa shape index (κ2) is 4.59. The van der Waals surface area contributed by atoms with Gasteiger partial charge in [0.05, 0.1) is 17.2 Å². The number of carbonyl (C=O) groups is 2. The van der Waals surface area contributed by atoms with E-state index in [2.05, 4.69) is 4.37 Å². The van der Waals surface area contributed by atoms with E-state index >= 15 is 0 Å². The van der Waals surface area contributed by atoms with Crippen LogP contribution < -0.4 is 0 Å². The summed E-state index contributed by atoms with van der Waals surface area (Å²) in [6.45, 7) is 2.73. The van der Waals surface area contributed by atoms with E-state index in [9.17, 15) is 14.7 Å². The number of aliphatic carboxylic acids is 1. The minimum absolute atomic E-state index is 0.0688. The number of carboxylic acids is 1. The summed E-state index contributed by atoms with van der Waals surface area (Å²) in [5, 5.41) is 11.0. The third kappa shape index (κ3) is 2.25. The van der Waals surface area contributed by atoms with Gasteiger partial charge in [0.25, 0.3) is 5.91 Å². The van der Waals surface area contributed by atoms with Crippen molar-refractivity contribution in [3.8, 4) is 0 Å². The van der Waals surface area contributed by atoms with Crippen LogP contribution in [0.5, 0.6) is 0 Å². The van der Waals surface area contributed by atoms with Crippen LogP contribution >= 0.6 is 11.5 Å². The van der Waals surface area contributed by atoms with Gasteiger partial charge in [0.1, 0.15) is 0 Å². The molecule has 1 aromatic rings. The van der Waals surface area contributed by atoms with Crippen molar-refractivity contribution in [2.45, 2.75) is 19.8 Å². The van der Waals surface area contributed by atoms with Gasteiger partial charge in [0.15, 0.2) is 0 Å². The molecule has 1 amide bonds. The number of amides is 1. The highest BCUT2D eigenvalue weighted by Gasteiger charge is 2.47. The molecule has 3 rings (SSSR count). The number of aryl methyl sites for hydroxylation is 1. The summed E-state index contributed by atoms with van der Waals surface area (Å²) in [5.41, 5.74) is 1.35. The first-order chi connectivity index (χ1) is 9.08. The Hall–Kier alpha value is -1.43. The molecule has 2 aliphatic rings. The van der Waals surface area contributed by atoms with Gasteiger partial charge in [0.2, 0.25) is 0 Å². The summed E-state index contributed by atoms with van der Waals surface area (Å²) < 4.78 is 4.11. The standard InChI is InChI=1S/C13H16N2O3S/c1-7-11(6-19-14-7)12(16)15-4-9(8-2-3-8)10(5-15)13(17)18/h6,8-10H,2-5H2,1H3,(H,17,18)/t9-,10+/m1/s1. The van der Waals surface area contributed by atoms with Gasteiger partial charge < -0.3 is 10.0 Å². The van der Waals surface area contributed by atoms with Gasteiger partial charge in [-0.25, -0.2) is 0 Å². The molecule has 0 spiro atoms. The summed E-state index contributed by atoms with van der Waals surface area (Å²) in [6.07, 6.45) is 2.21. The second-order valence-electron chi connectivity index (χ2n) is 5.47. The van der Waals surface area contributed by atoms with E-state index in [0.29, 0.717) is 24.6 Å². The number of hydrogen-bond acceptors (Lipinski definition) is 4. The van der Waals surface area contributed by atoms with E-state index in [1.807, 2.05) is 6.92 Å². The molecule has 5 nitrogen and oxygen atoms in total. The topological polar surface area (TPSA) is 70.5 Å². The van der Waals surface area contributed by atoms with E-state index in [1.165, 1.54) is 11.5 Å². The Kier molecular flexibility index (Phi) is 3.05. The highest BCUT2D eigenvalue weighted by atomic mass is 32.1. The van der Waals surface area contributed by atoms with Gasteiger partial charge in [-0.3, -0.25) is 9.59 Å². The van der Waals surface area contributed by atoms with Crippen molar-refractivity contribution < 1.29 is 14.7 Å². The van der Waals surface area contributed by atoms with Crippen LogP contribution in [0.15, 0.2) is 5.38 Å². The fourth-order valence-electron chi connectivity index (χ4n) is 2.93. The molecule has 0 aromatic carbocycles. The van der Waals surface area contributed by atoms with Crippen molar-refractivity contribution >= 4 is 23.4 Å². The number of hydrogen-bond donors (Lipinski definition) is 1. The number of aromatic nitrogens is 1. The molecule has 2 heterocycles. The van der Waals surface area contributed by atoms with Crippen LogP contribution in [-0.4, -0.2) is 39.3 Å². The third-order valence-electron chi connectivity index (χ3n) is 4.18. The van der Waals surface area contributed by atoms with Crippen LogP contribution in [-0.2, 0) is 4.79 Å². The number of likely N-dealkylation sites (tertiary alicyclic amines) is 1. The predicted molar refractivity (Wildman–Crippen MR) is 70.1 cm³/mol. The zero-order valence-corrected chi connectivity index (χ0v) is 11.5. The summed E-state index contributed by atoms with van der Waals surface area (Å²) in [5.74, 6) is -0.606. The minimum Gasteiger partial charge on any atom is -0.481 e. The molecule has 0 unspecified atom stereocenters. The van der Waals surface area contributed by atoms with Crippen LogP contribution in [0.2, 0.25) is 0 Å². The van der Waals surface area contributed by atoms with Gasteiger partial charge in [-0.05, 0) is 43.1 Å². The van der Waals surface area contributed by atoms with Crippen molar-refractivity contribution in [2.75, 3.05) is 13.1 Å². The molecular weight excluding hydrogens is 264 g/mol. The minimum atomic E-state index is -0.771. The van der Waals surface area contributed by atoms with E-state index in [0.717, 1.165) is 18.5 Å². The maximum absolute atomic E-state index is 12.4. The Bertz CT molecular complexity index is 524. The highest BCUT2D eigenvalue weighted by Crippen LogP contribution is 2.44. The maximum Gasteiger partial charge on any atom is 0.308 e. The van der Waals surface area contributed by atoms with Gasteiger partial charge in [-0.2, -0.15) is 4.37 Å². The van der Waals surface area contributed by atoms with Gasteiger partial charge in [0, 0.05) is 18.5 Å². The molecule has 2 atom stereocenters. The van der Waals surface area contributed by atoms with Gasteiger partial charge in [-0.15, -0.1) is 0 Å². The Balaban J connectivity index is 1.78. The first-order valence-electron chi connectivity index (χ1n) is 6.51. The molecule has 2 fully saturated rings. The van der Waals surface area contributed by atoms with E-state index < -0.39 is 11.9 Å². The average molecular weight is 280 g/mol. The molecule has 1 saturated carbocycles. The van der Waals surface area contributed by atoms with Crippen LogP contribution in [0.3, 0.4) is 0 Å². The molecule has 1 N–H and O–H groups in total. The molecule has 1 aromatic heterocycles. The Morgan fingerprint density at radius 3 is 2.68 bits per heavy atom. The van der Waals surface area contributed by atoms with Crippen molar-refractivity contribution in [2.24, 2.45) is 17.8 Å². The van der Waals surface area contributed by atoms with E-state index in [-0.39, 0.29) is 11.8 Å². The fourth-order valence-corrected chi connectivity index (χ4v) is 3.61. The Labute approximate surface area is 115 Å². The van der Waals surface area contributed by atoms with Crippen molar-refractivity contribution in [3.63, 3.8) is 0 Å². The number of rotatable bonds is 3. The van der Waals surface area contributed by atoms with Gasteiger partial charge in [-0.1, -0.05) is 0 Å². The second-order valence-corrected chi connectivity index (χ2v) is 6.10. The highest BCUT2D eigenvalue weighted by molar-refractivity contribution is 7.03. The molecule has 19 heavy (non-hydrogen) atoms. The molecular formula is C13H16N2O3S. The molecule has 1 aliphatic carbocycles. The van der Waals surface area contributed by atoms with E-state index in [1.54, 1.807) is 10.3 Å². The smallest absolute Gasteiger partial charge is 0.308 e. The molecule has 0 radical (unpaired) electrons. The fraction of sp³-hybridized carbons (Fsp3) is 0.615. The number of carboxylic acid groups (broad SMARTS) is 1. The molecule has 6 heteroatoms. The van der Waals surface area contributed by atoms with Crippen LogP contribution in [0.4, 0.5) is 0 Å². The quantitative estimate of drug-likeness (QED) is 0.913. The molecule has 102 valence electrons. The van der Waals surface area contributed by atoms with Crippen LogP contribution in [0.1, 0.15) is 28.9 Å². The lowest BCUT2D eigenvalue weighted by atomic mass is 9.92.